The first-order chi connectivity index (χ1) is 12.5. The fraction of sp³-hybridized carbons (Fsp3) is 0.0526. The summed E-state index contributed by atoms with van der Waals surface area (Å²) in [5, 5.41) is 5.56. The number of benzene rings is 2. The van der Waals surface area contributed by atoms with Gasteiger partial charge in [0.25, 0.3) is 5.91 Å². The van der Waals surface area contributed by atoms with Gasteiger partial charge in [-0.1, -0.05) is 18.2 Å². The van der Waals surface area contributed by atoms with Gasteiger partial charge in [-0.15, -0.1) is 11.3 Å². The molecule has 2 aromatic carbocycles. The van der Waals surface area contributed by atoms with Crippen molar-refractivity contribution in [2.75, 3.05) is 5.32 Å². The molecule has 0 aliphatic rings. The summed E-state index contributed by atoms with van der Waals surface area (Å²) < 4.78 is 32.0. The normalized spacial score (nSPS) is 11.0. The Morgan fingerprint density at radius 1 is 1.15 bits per heavy atom. The maximum atomic E-state index is 13.4. The van der Waals surface area contributed by atoms with Gasteiger partial charge in [0, 0.05) is 21.9 Å². The maximum Gasteiger partial charge on any atom is 0.293 e. The molecule has 0 atom stereocenters. The van der Waals surface area contributed by atoms with Crippen LogP contribution in [0, 0.1) is 18.6 Å². The van der Waals surface area contributed by atoms with E-state index in [0.717, 1.165) is 23.1 Å². The van der Waals surface area contributed by atoms with E-state index in [9.17, 15) is 13.6 Å². The lowest BCUT2D eigenvalue weighted by atomic mass is 10.1. The van der Waals surface area contributed by atoms with Gasteiger partial charge in [-0.25, -0.2) is 13.8 Å². The summed E-state index contributed by atoms with van der Waals surface area (Å²) in [6, 6.07) is 10.9. The van der Waals surface area contributed by atoms with Gasteiger partial charge in [-0.2, -0.15) is 0 Å². The molecule has 0 spiro atoms. The fourth-order valence-electron chi connectivity index (χ4n) is 2.66. The molecule has 2 aromatic heterocycles. The van der Waals surface area contributed by atoms with E-state index < -0.39 is 17.5 Å². The van der Waals surface area contributed by atoms with Crippen molar-refractivity contribution in [2.24, 2.45) is 0 Å². The average molecular weight is 370 g/mol. The van der Waals surface area contributed by atoms with Gasteiger partial charge in [-0.05, 0) is 31.2 Å². The Morgan fingerprint density at radius 3 is 2.73 bits per heavy atom. The van der Waals surface area contributed by atoms with E-state index in [1.54, 1.807) is 11.4 Å². The number of para-hydroxylation sites is 1. The molecule has 0 aliphatic heterocycles. The lowest BCUT2D eigenvalue weighted by Crippen LogP contribution is -2.11. The Kier molecular flexibility index (Phi) is 4.00. The molecule has 0 fully saturated rings. The van der Waals surface area contributed by atoms with Crippen LogP contribution < -0.4 is 5.32 Å². The van der Waals surface area contributed by atoms with Gasteiger partial charge in [0.1, 0.15) is 5.58 Å². The molecule has 4 rings (SSSR count). The number of anilines is 1. The minimum absolute atomic E-state index is 0.218. The van der Waals surface area contributed by atoms with E-state index in [1.807, 2.05) is 25.1 Å². The molecule has 0 aliphatic carbocycles. The van der Waals surface area contributed by atoms with Crippen LogP contribution in [0.5, 0.6) is 0 Å². The molecule has 4 nitrogen and oxygen atoms in total. The predicted molar refractivity (Wildman–Crippen MR) is 96.4 cm³/mol. The van der Waals surface area contributed by atoms with Crippen molar-refractivity contribution in [2.45, 2.75) is 6.92 Å². The summed E-state index contributed by atoms with van der Waals surface area (Å²) in [5.74, 6) is -2.06. The second-order valence-electron chi connectivity index (χ2n) is 5.67. The summed E-state index contributed by atoms with van der Waals surface area (Å²) >= 11 is 1.19. The quantitative estimate of drug-likeness (QED) is 0.526. The van der Waals surface area contributed by atoms with Gasteiger partial charge in [0.15, 0.2) is 22.5 Å². The van der Waals surface area contributed by atoms with Crippen LogP contribution >= 0.6 is 11.3 Å². The summed E-state index contributed by atoms with van der Waals surface area (Å²) in [4.78, 5) is 16.8. The van der Waals surface area contributed by atoms with Crippen molar-refractivity contribution >= 4 is 33.3 Å². The molecule has 2 heterocycles. The maximum absolute atomic E-state index is 13.4. The number of aromatic nitrogens is 1. The number of carbonyl (C=O) groups is 1. The second kappa shape index (κ2) is 6.34. The van der Waals surface area contributed by atoms with Crippen molar-refractivity contribution in [3.8, 4) is 11.3 Å². The molecule has 0 radical (unpaired) electrons. The second-order valence-corrected chi connectivity index (χ2v) is 6.53. The zero-order valence-corrected chi connectivity index (χ0v) is 14.4. The third-order valence-electron chi connectivity index (χ3n) is 3.99. The Hall–Kier alpha value is -3.06. The standard InChI is InChI=1S/C19H12F2N2O2S/c1-10-12-4-2-3-5-16(12)25-17(10)18(24)23-19-22-15(9-26-19)11-6-7-13(20)14(21)8-11/h2-9H,1H3,(H,22,23,24). The highest BCUT2D eigenvalue weighted by atomic mass is 32.1. The zero-order valence-electron chi connectivity index (χ0n) is 13.5. The van der Waals surface area contributed by atoms with Gasteiger partial charge in [-0.3, -0.25) is 10.1 Å². The Morgan fingerprint density at radius 2 is 1.96 bits per heavy atom. The number of carbonyl (C=O) groups excluding carboxylic acids is 1. The number of halogens is 2. The third-order valence-corrected chi connectivity index (χ3v) is 4.75. The molecule has 130 valence electrons. The van der Waals surface area contributed by atoms with Crippen molar-refractivity contribution in [1.82, 2.24) is 4.98 Å². The summed E-state index contributed by atoms with van der Waals surface area (Å²) in [6.07, 6.45) is 0. The molecule has 0 bridgehead atoms. The molecular weight excluding hydrogens is 358 g/mol. The van der Waals surface area contributed by atoms with Gasteiger partial charge >= 0.3 is 0 Å². The SMILES string of the molecule is Cc1c(C(=O)Nc2nc(-c3ccc(F)c(F)c3)cs2)oc2ccccc12. The van der Waals surface area contributed by atoms with Crippen LogP contribution in [0.25, 0.3) is 22.2 Å². The minimum atomic E-state index is -0.945. The number of amides is 1. The van der Waals surface area contributed by atoms with Gasteiger partial charge < -0.3 is 4.42 Å². The highest BCUT2D eigenvalue weighted by Crippen LogP contribution is 2.28. The molecule has 0 saturated heterocycles. The van der Waals surface area contributed by atoms with Crippen LogP contribution in [0.15, 0.2) is 52.3 Å². The third kappa shape index (κ3) is 2.86. The lowest BCUT2D eigenvalue weighted by Gasteiger charge is -2.00. The number of nitrogens with one attached hydrogen (secondary N) is 1. The summed E-state index contributed by atoms with van der Waals surface area (Å²) in [6.45, 7) is 1.81. The first-order valence-electron chi connectivity index (χ1n) is 7.73. The average Bonchev–Trinajstić information content (AvgIpc) is 3.23. The van der Waals surface area contributed by atoms with Crippen molar-refractivity contribution in [1.29, 1.82) is 0 Å². The van der Waals surface area contributed by atoms with E-state index in [0.29, 0.717) is 22.0 Å². The molecule has 7 heteroatoms. The van der Waals surface area contributed by atoms with E-state index in [-0.39, 0.29) is 5.76 Å². The highest BCUT2D eigenvalue weighted by molar-refractivity contribution is 7.14. The number of rotatable bonds is 3. The first kappa shape index (κ1) is 16.4. The number of furan rings is 1. The van der Waals surface area contributed by atoms with Crippen LogP contribution in [-0.4, -0.2) is 10.9 Å². The van der Waals surface area contributed by atoms with E-state index in [1.165, 1.54) is 17.4 Å². The van der Waals surface area contributed by atoms with Gasteiger partial charge in [0.2, 0.25) is 0 Å². The minimum Gasteiger partial charge on any atom is -0.451 e. The van der Waals surface area contributed by atoms with Crippen LogP contribution in [-0.2, 0) is 0 Å². The first-order valence-corrected chi connectivity index (χ1v) is 8.61. The fourth-order valence-corrected chi connectivity index (χ4v) is 3.38. The molecule has 1 N–H and O–H groups in total. The number of hydrogen-bond acceptors (Lipinski definition) is 4. The summed E-state index contributed by atoms with van der Waals surface area (Å²) in [7, 11) is 0. The number of aryl methyl sites for hydroxylation is 1. The van der Waals surface area contributed by atoms with Crippen LogP contribution in [0.2, 0.25) is 0 Å². The zero-order chi connectivity index (χ0) is 18.3. The van der Waals surface area contributed by atoms with Gasteiger partial charge in [0.05, 0.1) is 5.69 Å². The van der Waals surface area contributed by atoms with Crippen molar-refractivity contribution in [3.05, 3.63) is 70.8 Å². The molecule has 0 unspecified atom stereocenters. The van der Waals surface area contributed by atoms with Crippen LogP contribution in [0.3, 0.4) is 0 Å². The Balaban J connectivity index is 1.59. The number of hydrogen-bond donors (Lipinski definition) is 1. The predicted octanol–water partition coefficient (Wildman–Crippen LogP) is 5.40. The summed E-state index contributed by atoms with van der Waals surface area (Å²) in [5.41, 5.74) is 2.26. The number of fused-ring (bicyclic) bond motifs is 1. The highest BCUT2D eigenvalue weighted by Gasteiger charge is 2.19. The van der Waals surface area contributed by atoms with Crippen molar-refractivity contribution < 1.29 is 18.0 Å². The Bertz CT molecular complexity index is 1130. The topological polar surface area (TPSA) is 55.1 Å². The Labute approximate surface area is 151 Å². The molecule has 1 amide bonds. The monoisotopic (exact) mass is 370 g/mol. The van der Waals surface area contributed by atoms with Crippen LogP contribution in [0.4, 0.5) is 13.9 Å². The van der Waals surface area contributed by atoms with Crippen molar-refractivity contribution in [3.63, 3.8) is 0 Å². The molecular formula is C19H12F2N2O2S. The molecule has 26 heavy (non-hydrogen) atoms. The molecule has 4 aromatic rings. The van der Waals surface area contributed by atoms with Crippen LogP contribution in [0.1, 0.15) is 16.1 Å². The molecule has 0 saturated carbocycles. The number of nitrogens with zero attached hydrogens (tertiary/aromatic N) is 1. The largest absolute Gasteiger partial charge is 0.451 e. The van der Waals surface area contributed by atoms with E-state index in [4.69, 9.17) is 4.42 Å². The number of thiazole rings is 1. The lowest BCUT2D eigenvalue weighted by molar-refractivity contribution is 0.0998. The van der Waals surface area contributed by atoms with E-state index >= 15 is 0 Å². The van der Waals surface area contributed by atoms with E-state index in [2.05, 4.69) is 10.3 Å². The smallest absolute Gasteiger partial charge is 0.293 e.